The molecule has 0 spiro atoms. The summed E-state index contributed by atoms with van der Waals surface area (Å²) < 4.78 is 10.7. The lowest BCUT2D eigenvalue weighted by Gasteiger charge is -2.32. The maximum atomic E-state index is 12.4. The smallest absolute Gasteiger partial charge is 0.257 e. The molecule has 0 aliphatic carbocycles. The van der Waals surface area contributed by atoms with Crippen molar-refractivity contribution in [2.75, 3.05) is 33.4 Å². The highest BCUT2D eigenvalue weighted by molar-refractivity contribution is 5.93. The number of ether oxygens (including phenoxy) is 2. The van der Waals surface area contributed by atoms with Crippen LogP contribution in [0.25, 0.3) is 0 Å². The Morgan fingerprint density at radius 3 is 2.89 bits per heavy atom. The van der Waals surface area contributed by atoms with E-state index in [4.69, 9.17) is 9.47 Å². The number of piperidine rings is 1. The van der Waals surface area contributed by atoms with Crippen molar-refractivity contribution in [3.05, 3.63) is 42.2 Å². The van der Waals surface area contributed by atoms with Gasteiger partial charge in [0.05, 0.1) is 18.9 Å². The molecule has 1 atom stereocenters. The molecule has 1 aromatic carbocycles. The van der Waals surface area contributed by atoms with Crippen molar-refractivity contribution in [3.8, 4) is 11.5 Å². The second-order valence-corrected chi connectivity index (χ2v) is 6.49. The Morgan fingerprint density at radius 1 is 1.33 bits per heavy atom. The van der Waals surface area contributed by atoms with Crippen molar-refractivity contribution in [2.45, 2.75) is 12.8 Å². The zero-order valence-corrected chi connectivity index (χ0v) is 15.3. The maximum Gasteiger partial charge on any atom is 0.257 e. The zero-order valence-electron chi connectivity index (χ0n) is 15.3. The number of para-hydroxylation sites is 2. The molecule has 2 amide bonds. The Balaban J connectivity index is 1.44. The van der Waals surface area contributed by atoms with Gasteiger partial charge in [-0.2, -0.15) is 5.10 Å². The summed E-state index contributed by atoms with van der Waals surface area (Å²) in [5, 5.41) is 9.37. The molecule has 0 bridgehead atoms. The Kier molecular flexibility index (Phi) is 6.30. The highest BCUT2D eigenvalue weighted by Gasteiger charge is 2.25. The minimum Gasteiger partial charge on any atom is -0.493 e. The topological polar surface area (TPSA) is 96.6 Å². The molecule has 8 heteroatoms. The third-order valence-corrected chi connectivity index (χ3v) is 4.57. The van der Waals surface area contributed by atoms with Gasteiger partial charge in [0, 0.05) is 25.8 Å². The van der Waals surface area contributed by atoms with Crippen LogP contribution in [0, 0.1) is 5.92 Å². The van der Waals surface area contributed by atoms with Gasteiger partial charge in [0.15, 0.2) is 18.1 Å². The predicted molar refractivity (Wildman–Crippen MR) is 98.7 cm³/mol. The summed E-state index contributed by atoms with van der Waals surface area (Å²) in [7, 11) is 1.56. The van der Waals surface area contributed by atoms with E-state index in [2.05, 4.69) is 15.5 Å². The number of carbonyl (C=O) groups is 2. The van der Waals surface area contributed by atoms with E-state index in [0.717, 1.165) is 19.4 Å². The van der Waals surface area contributed by atoms with Gasteiger partial charge in [0.1, 0.15) is 0 Å². The number of nitrogens with zero attached hydrogens (tertiary/aromatic N) is 2. The Bertz CT molecular complexity index is 763. The molecule has 1 aromatic heterocycles. The van der Waals surface area contributed by atoms with Gasteiger partial charge in [-0.1, -0.05) is 12.1 Å². The quantitative estimate of drug-likeness (QED) is 0.767. The first kappa shape index (κ1) is 18.8. The molecule has 0 radical (unpaired) electrons. The second-order valence-electron chi connectivity index (χ2n) is 6.49. The molecule has 2 N–H and O–H groups in total. The van der Waals surface area contributed by atoms with Crippen LogP contribution in [0.2, 0.25) is 0 Å². The van der Waals surface area contributed by atoms with Crippen LogP contribution in [0.15, 0.2) is 36.7 Å². The standard InChI is InChI=1S/C19H24N4O4/c1-26-16-6-2-3-7-17(16)27-13-18(24)20-9-14-5-4-8-23(12-14)19(25)15-10-21-22-11-15/h2-3,6-7,10-11,14H,4-5,8-9,12-13H2,1H3,(H,20,24)(H,21,22)/t14-/m1/s1. The van der Waals surface area contributed by atoms with Gasteiger partial charge >= 0.3 is 0 Å². The van der Waals surface area contributed by atoms with Crippen molar-refractivity contribution >= 4 is 11.8 Å². The maximum absolute atomic E-state index is 12.4. The average Bonchev–Trinajstić information content (AvgIpc) is 3.25. The summed E-state index contributed by atoms with van der Waals surface area (Å²) in [5.74, 6) is 1.12. The van der Waals surface area contributed by atoms with Crippen molar-refractivity contribution in [3.63, 3.8) is 0 Å². The molecule has 1 aliphatic heterocycles. The molecule has 1 aliphatic rings. The molecule has 2 aromatic rings. The van der Waals surface area contributed by atoms with Gasteiger partial charge in [0.2, 0.25) is 0 Å². The number of amides is 2. The molecule has 8 nitrogen and oxygen atoms in total. The summed E-state index contributed by atoms with van der Waals surface area (Å²) in [4.78, 5) is 26.3. The normalized spacial score (nSPS) is 16.6. The van der Waals surface area contributed by atoms with Crippen molar-refractivity contribution < 1.29 is 19.1 Å². The van der Waals surface area contributed by atoms with Gasteiger partial charge in [-0.25, -0.2) is 0 Å². The molecular formula is C19H24N4O4. The average molecular weight is 372 g/mol. The lowest BCUT2D eigenvalue weighted by molar-refractivity contribution is -0.123. The van der Waals surface area contributed by atoms with Crippen molar-refractivity contribution in [1.29, 1.82) is 0 Å². The summed E-state index contributed by atoms with van der Waals surface area (Å²) in [6, 6.07) is 7.20. The molecule has 0 unspecified atom stereocenters. The fourth-order valence-electron chi connectivity index (χ4n) is 3.16. The van der Waals surface area contributed by atoms with E-state index in [1.165, 1.54) is 6.20 Å². The number of aromatic nitrogens is 2. The van der Waals surface area contributed by atoms with Crippen LogP contribution >= 0.6 is 0 Å². The fourth-order valence-corrected chi connectivity index (χ4v) is 3.16. The highest BCUT2D eigenvalue weighted by atomic mass is 16.5. The number of carbonyl (C=O) groups excluding carboxylic acids is 2. The van der Waals surface area contributed by atoms with Gasteiger partial charge in [-0.15, -0.1) is 0 Å². The number of H-pyrrole nitrogens is 1. The zero-order chi connectivity index (χ0) is 19.1. The number of hydrogen-bond donors (Lipinski definition) is 2. The van der Waals surface area contributed by atoms with Crippen LogP contribution in [0.3, 0.4) is 0 Å². The molecule has 2 heterocycles. The van der Waals surface area contributed by atoms with E-state index in [1.54, 1.807) is 25.4 Å². The van der Waals surface area contributed by atoms with E-state index in [1.807, 2.05) is 17.0 Å². The van der Waals surface area contributed by atoms with Crippen LogP contribution in [0.1, 0.15) is 23.2 Å². The number of rotatable bonds is 7. The third-order valence-electron chi connectivity index (χ3n) is 4.57. The van der Waals surface area contributed by atoms with E-state index in [9.17, 15) is 9.59 Å². The van der Waals surface area contributed by atoms with Crippen LogP contribution in [0.5, 0.6) is 11.5 Å². The first-order chi connectivity index (χ1) is 13.2. The summed E-state index contributed by atoms with van der Waals surface area (Å²) in [5.41, 5.74) is 0.560. The van der Waals surface area contributed by atoms with Gasteiger partial charge < -0.3 is 19.7 Å². The Morgan fingerprint density at radius 2 is 2.15 bits per heavy atom. The summed E-state index contributed by atoms with van der Waals surface area (Å²) in [6.45, 7) is 1.79. The number of benzene rings is 1. The minimum atomic E-state index is -0.195. The number of aromatic amines is 1. The third kappa shape index (κ3) is 4.99. The molecule has 1 saturated heterocycles. The van der Waals surface area contributed by atoms with Crippen molar-refractivity contribution in [1.82, 2.24) is 20.4 Å². The highest BCUT2D eigenvalue weighted by Crippen LogP contribution is 2.25. The van der Waals surface area contributed by atoms with E-state index in [0.29, 0.717) is 30.2 Å². The molecule has 1 fully saturated rings. The first-order valence-corrected chi connectivity index (χ1v) is 8.98. The van der Waals surface area contributed by atoms with Crippen LogP contribution in [-0.4, -0.2) is 60.3 Å². The Labute approximate surface area is 157 Å². The van der Waals surface area contributed by atoms with Crippen molar-refractivity contribution in [2.24, 2.45) is 5.92 Å². The van der Waals surface area contributed by atoms with Gasteiger partial charge in [-0.3, -0.25) is 14.7 Å². The molecule has 27 heavy (non-hydrogen) atoms. The predicted octanol–water partition coefficient (Wildman–Crippen LogP) is 1.47. The largest absolute Gasteiger partial charge is 0.493 e. The molecule has 144 valence electrons. The number of nitrogens with one attached hydrogen (secondary N) is 2. The lowest BCUT2D eigenvalue weighted by Crippen LogP contribution is -2.44. The Hall–Kier alpha value is -3.03. The van der Waals surface area contributed by atoms with Gasteiger partial charge in [0.25, 0.3) is 11.8 Å². The monoisotopic (exact) mass is 372 g/mol. The SMILES string of the molecule is COc1ccccc1OCC(=O)NC[C@H]1CCCN(C(=O)c2cn[nH]c2)C1. The summed E-state index contributed by atoms with van der Waals surface area (Å²) in [6.07, 6.45) is 5.02. The minimum absolute atomic E-state index is 0.0284. The second kappa shape index (κ2) is 9.07. The fraction of sp³-hybridized carbons (Fsp3) is 0.421. The van der Waals surface area contributed by atoms with E-state index < -0.39 is 0 Å². The lowest BCUT2D eigenvalue weighted by atomic mass is 9.97. The molecular weight excluding hydrogens is 348 g/mol. The number of methoxy groups -OCH3 is 1. The first-order valence-electron chi connectivity index (χ1n) is 8.98. The van der Waals surface area contributed by atoms with Gasteiger partial charge in [-0.05, 0) is 30.9 Å². The number of likely N-dealkylation sites (tertiary alicyclic amines) is 1. The number of hydrogen-bond acceptors (Lipinski definition) is 5. The van der Waals surface area contributed by atoms with E-state index >= 15 is 0 Å². The van der Waals surface area contributed by atoms with Crippen LogP contribution in [0.4, 0.5) is 0 Å². The molecule has 0 saturated carbocycles. The van der Waals surface area contributed by atoms with Crippen LogP contribution in [-0.2, 0) is 4.79 Å². The van der Waals surface area contributed by atoms with Crippen LogP contribution < -0.4 is 14.8 Å². The molecule has 3 rings (SSSR count). The van der Waals surface area contributed by atoms with E-state index in [-0.39, 0.29) is 24.3 Å². The summed E-state index contributed by atoms with van der Waals surface area (Å²) >= 11 is 0.